The molecule has 1 aliphatic rings. The first-order valence-corrected chi connectivity index (χ1v) is 5.80. The Labute approximate surface area is 100 Å². The Bertz CT molecular complexity index is 415. The molecule has 0 atom stereocenters. The van der Waals surface area contributed by atoms with E-state index in [1.54, 1.807) is 6.07 Å². The van der Waals surface area contributed by atoms with Gasteiger partial charge in [0.05, 0.1) is 5.56 Å². The van der Waals surface area contributed by atoms with E-state index in [1.165, 1.54) is 18.9 Å². The van der Waals surface area contributed by atoms with E-state index in [-0.39, 0.29) is 10.8 Å². The fraction of sp³-hybridized carbons (Fsp3) is 0.417. The number of benzene rings is 1. The van der Waals surface area contributed by atoms with E-state index in [0.717, 1.165) is 18.2 Å². The van der Waals surface area contributed by atoms with E-state index >= 15 is 0 Å². The third-order valence-electron chi connectivity index (χ3n) is 2.88. The third-order valence-corrected chi connectivity index (χ3v) is 3.08. The first kappa shape index (κ1) is 11.3. The molecular weight excluding hydrogens is 223 g/mol. The molecule has 0 spiro atoms. The highest BCUT2D eigenvalue weighted by molar-refractivity contribution is 7.80. The summed E-state index contributed by atoms with van der Waals surface area (Å²) in [5.74, 6) is 0.403. The van der Waals surface area contributed by atoms with Crippen molar-refractivity contribution in [3.05, 3.63) is 29.6 Å². The zero-order valence-corrected chi connectivity index (χ0v) is 10.1. The van der Waals surface area contributed by atoms with E-state index in [9.17, 15) is 4.39 Å². The molecule has 0 heterocycles. The second kappa shape index (κ2) is 4.37. The van der Waals surface area contributed by atoms with Crippen LogP contribution in [0.5, 0.6) is 0 Å². The van der Waals surface area contributed by atoms with Gasteiger partial charge in [0.1, 0.15) is 10.8 Å². The van der Waals surface area contributed by atoms with Gasteiger partial charge in [0, 0.05) is 19.3 Å². The Balaban J connectivity index is 2.30. The lowest BCUT2D eigenvalue weighted by Crippen LogP contribution is -2.24. The van der Waals surface area contributed by atoms with Crippen LogP contribution < -0.4 is 10.6 Å². The predicted octanol–water partition coefficient (Wildman–Crippen LogP) is 2.31. The molecule has 2 nitrogen and oxygen atoms in total. The highest BCUT2D eigenvalue weighted by atomic mass is 32.1. The Hall–Kier alpha value is -1.16. The van der Waals surface area contributed by atoms with Gasteiger partial charge in [0.25, 0.3) is 0 Å². The summed E-state index contributed by atoms with van der Waals surface area (Å²) < 4.78 is 13.6. The molecule has 1 aromatic carbocycles. The van der Waals surface area contributed by atoms with Crippen molar-refractivity contribution in [2.75, 3.05) is 18.5 Å². The van der Waals surface area contributed by atoms with Gasteiger partial charge in [0.15, 0.2) is 0 Å². The number of anilines is 1. The van der Waals surface area contributed by atoms with Gasteiger partial charge in [-0.05, 0) is 30.9 Å². The molecule has 86 valence electrons. The minimum atomic E-state index is -0.340. The van der Waals surface area contributed by atoms with Crippen LogP contribution in [-0.2, 0) is 0 Å². The van der Waals surface area contributed by atoms with Crippen LogP contribution in [0.3, 0.4) is 0 Å². The van der Waals surface area contributed by atoms with Crippen molar-refractivity contribution in [1.82, 2.24) is 0 Å². The lowest BCUT2D eigenvalue weighted by atomic mass is 10.1. The highest BCUT2D eigenvalue weighted by Gasteiger charge is 2.24. The lowest BCUT2D eigenvalue weighted by Gasteiger charge is -2.22. The van der Waals surface area contributed by atoms with Gasteiger partial charge >= 0.3 is 0 Å². The average Bonchev–Trinajstić information content (AvgIpc) is 3.00. The smallest absolute Gasteiger partial charge is 0.135 e. The number of hydrogen-bond acceptors (Lipinski definition) is 2. The SMILES string of the molecule is CN(CC1CC1)c1cccc(F)c1C(N)=S. The fourth-order valence-electron chi connectivity index (χ4n) is 1.86. The van der Waals surface area contributed by atoms with E-state index in [0.29, 0.717) is 5.56 Å². The van der Waals surface area contributed by atoms with Crippen LogP contribution in [0.25, 0.3) is 0 Å². The number of nitrogens with two attached hydrogens (primary N) is 1. The topological polar surface area (TPSA) is 29.3 Å². The van der Waals surface area contributed by atoms with Crippen LogP contribution in [0.2, 0.25) is 0 Å². The molecule has 1 aliphatic carbocycles. The van der Waals surface area contributed by atoms with E-state index in [1.807, 2.05) is 18.0 Å². The number of nitrogens with zero attached hydrogens (tertiary/aromatic N) is 1. The molecule has 0 radical (unpaired) electrons. The van der Waals surface area contributed by atoms with Crippen molar-refractivity contribution in [2.45, 2.75) is 12.8 Å². The Kier molecular flexibility index (Phi) is 3.10. The third kappa shape index (κ3) is 2.32. The standard InChI is InChI=1S/C12H15FN2S/c1-15(7-8-5-6-8)10-4-2-3-9(13)11(10)12(14)16/h2-4,8H,5-7H2,1H3,(H2,14,16). The van der Waals surface area contributed by atoms with E-state index < -0.39 is 0 Å². The lowest BCUT2D eigenvalue weighted by molar-refractivity contribution is 0.624. The largest absolute Gasteiger partial charge is 0.389 e. The molecule has 0 aliphatic heterocycles. The fourth-order valence-corrected chi connectivity index (χ4v) is 2.06. The molecule has 0 aromatic heterocycles. The second-order valence-corrected chi connectivity index (χ2v) is 4.76. The molecule has 0 saturated heterocycles. The Morgan fingerprint density at radius 2 is 2.25 bits per heavy atom. The maximum Gasteiger partial charge on any atom is 0.135 e. The van der Waals surface area contributed by atoms with Gasteiger partial charge in [-0.1, -0.05) is 18.3 Å². The van der Waals surface area contributed by atoms with Crippen LogP contribution >= 0.6 is 12.2 Å². The maximum absolute atomic E-state index is 13.6. The van der Waals surface area contributed by atoms with Gasteiger partial charge in [-0.25, -0.2) is 4.39 Å². The molecule has 0 amide bonds. The molecule has 2 rings (SSSR count). The van der Waals surface area contributed by atoms with Crippen molar-refractivity contribution >= 4 is 22.9 Å². The number of hydrogen-bond donors (Lipinski definition) is 1. The number of rotatable bonds is 4. The second-order valence-electron chi connectivity index (χ2n) is 4.32. The molecule has 1 saturated carbocycles. The van der Waals surface area contributed by atoms with Gasteiger partial charge in [0.2, 0.25) is 0 Å². The van der Waals surface area contributed by atoms with Crippen molar-refractivity contribution in [1.29, 1.82) is 0 Å². The summed E-state index contributed by atoms with van der Waals surface area (Å²) in [4.78, 5) is 2.16. The molecule has 2 N–H and O–H groups in total. The molecule has 0 bridgehead atoms. The Morgan fingerprint density at radius 3 is 2.81 bits per heavy atom. The van der Waals surface area contributed by atoms with Gasteiger partial charge in [-0.2, -0.15) is 0 Å². The number of thiocarbonyl (C=S) groups is 1. The normalized spacial score (nSPS) is 14.9. The predicted molar refractivity (Wildman–Crippen MR) is 68.3 cm³/mol. The van der Waals surface area contributed by atoms with Gasteiger partial charge < -0.3 is 10.6 Å². The highest BCUT2D eigenvalue weighted by Crippen LogP contribution is 2.32. The monoisotopic (exact) mass is 238 g/mol. The summed E-state index contributed by atoms with van der Waals surface area (Å²) in [6.45, 7) is 0.944. The molecule has 1 fully saturated rings. The van der Waals surface area contributed by atoms with Crippen molar-refractivity contribution in [2.24, 2.45) is 11.7 Å². The first-order chi connectivity index (χ1) is 7.59. The van der Waals surface area contributed by atoms with Gasteiger partial charge in [-0.15, -0.1) is 0 Å². The summed E-state index contributed by atoms with van der Waals surface area (Å²) in [7, 11) is 1.95. The summed E-state index contributed by atoms with van der Waals surface area (Å²) in [6.07, 6.45) is 2.53. The summed E-state index contributed by atoms with van der Waals surface area (Å²) >= 11 is 4.90. The van der Waals surface area contributed by atoms with Crippen LogP contribution in [0, 0.1) is 11.7 Å². The van der Waals surface area contributed by atoms with Crippen LogP contribution in [-0.4, -0.2) is 18.6 Å². The average molecular weight is 238 g/mol. The number of halogens is 1. The van der Waals surface area contributed by atoms with Crippen LogP contribution in [0.15, 0.2) is 18.2 Å². The summed E-state index contributed by atoms with van der Waals surface area (Å²) in [6, 6.07) is 4.94. The van der Waals surface area contributed by atoms with E-state index in [2.05, 4.69) is 0 Å². The minimum absolute atomic E-state index is 0.121. The molecule has 16 heavy (non-hydrogen) atoms. The first-order valence-electron chi connectivity index (χ1n) is 5.39. The minimum Gasteiger partial charge on any atom is -0.389 e. The van der Waals surface area contributed by atoms with Crippen molar-refractivity contribution < 1.29 is 4.39 Å². The van der Waals surface area contributed by atoms with Crippen LogP contribution in [0.4, 0.5) is 10.1 Å². The zero-order chi connectivity index (χ0) is 11.7. The quantitative estimate of drug-likeness (QED) is 0.816. The summed E-state index contributed by atoms with van der Waals surface area (Å²) in [5, 5.41) is 0. The zero-order valence-electron chi connectivity index (χ0n) is 9.24. The summed E-state index contributed by atoms with van der Waals surface area (Å²) in [5.41, 5.74) is 6.72. The molecule has 0 unspecified atom stereocenters. The molecular formula is C12H15FN2S. The molecule has 4 heteroatoms. The van der Waals surface area contributed by atoms with E-state index in [4.69, 9.17) is 18.0 Å². The van der Waals surface area contributed by atoms with Crippen LogP contribution in [0.1, 0.15) is 18.4 Å². The van der Waals surface area contributed by atoms with Gasteiger partial charge in [-0.3, -0.25) is 0 Å². The molecule has 1 aromatic rings. The van der Waals surface area contributed by atoms with Crippen molar-refractivity contribution in [3.8, 4) is 0 Å². The maximum atomic E-state index is 13.6. The Morgan fingerprint density at radius 1 is 1.56 bits per heavy atom. The van der Waals surface area contributed by atoms with Crippen molar-refractivity contribution in [3.63, 3.8) is 0 Å².